The standard InChI is InChI=1S/C28H38N2O3/c1-5-6-7-8-9-10-16-30-17-15-22-23-19-21(31-2)12-13-24(23)29-27(22)28(30)20-11-14-25(32-3)26(18-20)33-4/h11-14,18-19,28-29H,5-10,15-17H2,1-4H3. The molecule has 2 aromatic carbocycles. The van der Waals surface area contributed by atoms with Crippen molar-refractivity contribution in [2.45, 2.75) is 57.9 Å². The van der Waals surface area contributed by atoms with Crippen molar-refractivity contribution in [3.63, 3.8) is 0 Å². The third-order valence-corrected chi connectivity index (χ3v) is 6.96. The average molecular weight is 451 g/mol. The number of fused-ring (bicyclic) bond motifs is 3. The average Bonchev–Trinajstić information content (AvgIpc) is 3.23. The molecule has 1 N–H and O–H groups in total. The molecule has 0 fully saturated rings. The number of hydrogen-bond donors (Lipinski definition) is 1. The lowest BCUT2D eigenvalue weighted by molar-refractivity contribution is 0.205. The lowest BCUT2D eigenvalue weighted by Gasteiger charge is -2.36. The molecule has 0 bridgehead atoms. The number of rotatable bonds is 11. The molecule has 2 heterocycles. The van der Waals surface area contributed by atoms with Crippen LogP contribution in [0.2, 0.25) is 0 Å². The number of ether oxygens (including phenoxy) is 3. The Bertz CT molecular complexity index is 1060. The van der Waals surface area contributed by atoms with E-state index in [0.29, 0.717) is 0 Å². The Morgan fingerprint density at radius 2 is 1.67 bits per heavy atom. The molecule has 1 atom stereocenters. The summed E-state index contributed by atoms with van der Waals surface area (Å²) in [5, 5.41) is 1.27. The van der Waals surface area contributed by atoms with Crippen molar-refractivity contribution >= 4 is 10.9 Å². The smallest absolute Gasteiger partial charge is 0.161 e. The van der Waals surface area contributed by atoms with Gasteiger partial charge < -0.3 is 19.2 Å². The maximum Gasteiger partial charge on any atom is 0.161 e. The van der Waals surface area contributed by atoms with Crippen LogP contribution in [-0.4, -0.2) is 44.3 Å². The molecule has 178 valence electrons. The van der Waals surface area contributed by atoms with Gasteiger partial charge in [-0.05, 0) is 60.8 Å². The molecule has 5 heteroatoms. The Morgan fingerprint density at radius 1 is 0.879 bits per heavy atom. The SMILES string of the molecule is CCCCCCCCN1CCc2c([nH]c3ccc(OC)cc23)C1c1ccc(OC)c(OC)c1. The summed E-state index contributed by atoms with van der Waals surface area (Å²) < 4.78 is 16.7. The van der Waals surface area contributed by atoms with Crippen LogP contribution in [0.5, 0.6) is 17.2 Å². The Labute approximate surface area is 198 Å². The van der Waals surface area contributed by atoms with Gasteiger partial charge in [-0.2, -0.15) is 0 Å². The van der Waals surface area contributed by atoms with Crippen molar-refractivity contribution < 1.29 is 14.2 Å². The van der Waals surface area contributed by atoms with Crippen LogP contribution in [0, 0.1) is 0 Å². The third kappa shape index (κ3) is 4.98. The molecule has 1 aromatic heterocycles. The Hall–Kier alpha value is -2.66. The minimum atomic E-state index is 0.169. The summed E-state index contributed by atoms with van der Waals surface area (Å²) >= 11 is 0. The molecule has 1 unspecified atom stereocenters. The number of H-pyrrole nitrogens is 1. The van der Waals surface area contributed by atoms with Crippen LogP contribution < -0.4 is 14.2 Å². The molecule has 33 heavy (non-hydrogen) atoms. The zero-order valence-electron chi connectivity index (χ0n) is 20.6. The lowest BCUT2D eigenvalue weighted by Crippen LogP contribution is -2.36. The van der Waals surface area contributed by atoms with Crippen molar-refractivity contribution in [1.29, 1.82) is 0 Å². The molecule has 0 saturated carbocycles. The highest BCUT2D eigenvalue weighted by Gasteiger charge is 2.32. The molecule has 1 aliphatic rings. The van der Waals surface area contributed by atoms with Crippen molar-refractivity contribution in [3.8, 4) is 17.2 Å². The summed E-state index contributed by atoms with van der Waals surface area (Å²) in [5.41, 5.74) is 5.11. The van der Waals surface area contributed by atoms with Gasteiger partial charge in [-0.3, -0.25) is 4.90 Å². The first-order valence-corrected chi connectivity index (χ1v) is 12.3. The molecule has 0 aliphatic carbocycles. The molecule has 1 aliphatic heterocycles. The second-order valence-electron chi connectivity index (χ2n) is 9.00. The number of nitrogens with zero attached hydrogens (tertiary/aromatic N) is 1. The first kappa shape index (κ1) is 23.5. The summed E-state index contributed by atoms with van der Waals surface area (Å²) in [4.78, 5) is 6.40. The minimum absolute atomic E-state index is 0.169. The highest BCUT2D eigenvalue weighted by molar-refractivity contribution is 5.86. The van der Waals surface area contributed by atoms with Gasteiger partial charge in [0, 0.05) is 23.1 Å². The van der Waals surface area contributed by atoms with E-state index < -0.39 is 0 Å². The summed E-state index contributed by atoms with van der Waals surface area (Å²) in [6.45, 7) is 4.42. The number of hydrogen-bond acceptors (Lipinski definition) is 4. The number of methoxy groups -OCH3 is 3. The van der Waals surface area contributed by atoms with Gasteiger partial charge in [-0.15, -0.1) is 0 Å². The van der Waals surface area contributed by atoms with E-state index in [1.54, 1.807) is 21.3 Å². The summed E-state index contributed by atoms with van der Waals surface area (Å²) in [6, 6.07) is 12.8. The van der Waals surface area contributed by atoms with Gasteiger partial charge in [0.2, 0.25) is 0 Å². The van der Waals surface area contributed by atoms with Crippen LogP contribution in [0.15, 0.2) is 36.4 Å². The fourth-order valence-corrected chi connectivity index (χ4v) is 5.18. The number of aromatic nitrogens is 1. The molecule has 0 saturated heterocycles. The maximum absolute atomic E-state index is 5.65. The van der Waals surface area contributed by atoms with Crippen LogP contribution in [0.4, 0.5) is 0 Å². The van der Waals surface area contributed by atoms with Crippen molar-refractivity contribution in [2.24, 2.45) is 0 Å². The van der Waals surface area contributed by atoms with Crippen molar-refractivity contribution in [1.82, 2.24) is 9.88 Å². The molecule has 3 aromatic rings. The molecule has 5 nitrogen and oxygen atoms in total. The summed E-state index contributed by atoms with van der Waals surface area (Å²) in [7, 11) is 5.12. The Morgan fingerprint density at radius 3 is 2.42 bits per heavy atom. The van der Waals surface area contributed by atoms with Crippen LogP contribution >= 0.6 is 0 Å². The molecule has 0 amide bonds. The van der Waals surface area contributed by atoms with Gasteiger partial charge in [0.1, 0.15) is 5.75 Å². The predicted octanol–water partition coefficient (Wildman–Crippen LogP) is 6.50. The first-order chi connectivity index (χ1) is 16.2. The highest BCUT2D eigenvalue weighted by atomic mass is 16.5. The minimum Gasteiger partial charge on any atom is -0.497 e. The van der Waals surface area contributed by atoms with Gasteiger partial charge in [0.15, 0.2) is 11.5 Å². The van der Waals surface area contributed by atoms with Crippen LogP contribution in [0.3, 0.4) is 0 Å². The zero-order chi connectivity index (χ0) is 23.2. The fraction of sp³-hybridized carbons (Fsp3) is 0.500. The monoisotopic (exact) mass is 450 g/mol. The fourth-order valence-electron chi connectivity index (χ4n) is 5.18. The molecule has 4 rings (SSSR count). The molecular formula is C28H38N2O3. The van der Waals surface area contributed by atoms with E-state index in [4.69, 9.17) is 14.2 Å². The predicted molar refractivity (Wildman–Crippen MR) is 135 cm³/mol. The largest absolute Gasteiger partial charge is 0.497 e. The van der Waals surface area contributed by atoms with Gasteiger partial charge >= 0.3 is 0 Å². The van der Waals surface area contributed by atoms with E-state index >= 15 is 0 Å². The van der Waals surface area contributed by atoms with Gasteiger partial charge in [-0.25, -0.2) is 0 Å². The molecule has 0 radical (unpaired) electrons. The number of unbranched alkanes of at least 4 members (excludes halogenated alkanes) is 5. The number of benzene rings is 2. The molecule has 0 spiro atoms. The Balaban J connectivity index is 1.67. The summed E-state index contributed by atoms with van der Waals surface area (Å²) in [6.07, 6.45) is 8.90. The Kier molecular flexibility index (Phi) is 7.81. The van der Waals surface area contributed by atoms with Gasteiger partial charge in [0.25, 0.3) is 0 Å². The second-order valence-corrected chi connectivity index (χ2v) is 9.00. The van der Waals surface area contributed by atoms with E-state index in [9.17, 15) is 0 Å². The van der Waals surface area contributed by atoms with Crippen LogP contribution in [-0.2, 0) is 6.42 Å². The number of nitrogens with one attached hydrogen (secondary N) is 1. The highest BCUT2D eigenvalue weighted by Crippen LogP contribution is 2.41. The van der Waals surface area contributed by atoms with E-state index in [0.717, 1.165) is 36.8 Å². The van der Waals surface area contributed by atoms with Gasteiger partial charge in [0.05, 0.1) is 27.4 Å². The van der Waals surface area contributed by atoms with Crippen molar-refractivity contribution in [3.05, 3.63) is 53.2 Å². The summed E-state index contributed by atoms with van der Waals surface area (Å²) in [5.74, 6) is 2.45. The zero-order valence-corrected chi connectivity index (χ0v) is 20.6. The number of aromatic amines is 1. The lowest BCUT2D eigenvalue weighted by atomic mass is 9.91. The van der Waals surface area contributed by atoms with Crippen molar-refractivity contribution in [2.75, 3.05) is 34.4 Å². The normalized spacial score (nSPS) is 16.1. The topological polar surface area (TPSA) is 46.7 Å². The van der Waals surface area contributed by atoms with E-state index in [1.165, 1.54) is 66.2 Å². The van der Waals surface area contributed by atoms with Gasteiger partial charge in [-0.1, -0.05) is 45.1 Å². The third-order valence-electron chi connectivity index (χ3n) is 6.96. The second kappa shape index (κ2) is 11.0. The molecular weight excluding hydrogens is 412 g/mol. The van der Waals surface area contributed by atoms with E-state index in [2.05, 4.69) is 41.1 Å². The maximum atomic E-state index is 5.65. The van der Waals surface area contributed by atoms with E-state index in [1.807, 2.05) is 12.1 Å². The first-order valence-electron chi connectivity index (χ1n) is 12.3. The van der Waals surface area contributed by atoms with Crippen LogP contribution in [0.25, 0.3) is 10.9 Å². The quantitative estimate of drug-likeness (QED) is 0.339. The van der Waals surface area contributed by atoms with E-state index in [-0.39, 0.29) is 6.04 Å². The van der Waals surface area contributed by atoms with Crippen LogP contribution in [0.1, 0.15) is 68.3 Å².